The average Bonchev–Trinajstić information content (AvgIpc) is 3.02. The van der Waals surface area contributed by atoms with Crippen LogP contribution in [0.3, 0.4) is 0 Å². The van der Waals surface area contributed by atoms with E-state index in [2.05, 4.69) is 0 Å². The summed E-state index contributed by atoms with van der Waals surface area (Å²) < 4.78 is 27.1. The molecule has 0 aromatic heterocycles. The van der Waals surface area contributed by atoms with E-state index in [9.17, 15) is 28.7 Å². The Bertz CT molecular complexity index is 809. The summed E-state index contributed by atoms with van der Waals surface area (Å²) in [5.74, 6) is 0. The Kier molecular flexibility index (Phi) is 5.68. The van der Waals surface area contributed by atoms with Crippen molar-refractivity contribution in [2.24, 2.45) is 0 Å². The van der Waals surface area contributed by atoms with Crippen LogP contribution < -0.4 is 4.90 Å². The number of anilines is 1. The number of rotatable bonds is 5. The molecule has 2 aliphatic heterocycles. The first-order valence-corrected chi connectivity index (χ1v) is 10.2. The van der Waals surface area contributed by atoms with E-state index in [0.29, 0.717) is 32.6 Å². The zero-order valence-electron chi connectivity index (χ0n) is 15.1. The minimum absolute atomic E-state index is 0.122. The van der Waals surface area contributed by atoms with Crippen LogP contribution in [-0.4, -0.2) is 91.3 Å². The molecule has 150 valence electrons. The lowest BCUT2D eigenvalue weighted by Crippen LogP contribution is -2.47. The van der Waals surface area contributed by atoms with Crippen LogP contribution >= 0.6 is 0 Å². The Morgan fingerprint density at radius 3 is 2.52 bits per heavy atom. The summed E-state index contributed by atoms with van der Waals surface area (Å²) >= 11 is 0. The van der Waals surface area contributed by atoms with Gasteiger partial charge in [0.15, 0.2) is 0 Å². The number of hydrogen-bond donors (Lipinski definition) is 2. The van der Waals surface area contributed by atoms with Crippen molar-refractivity contribution in [3.8, 4) is 0 Å². The number of nitrogens with zero attached hydrogens (tertiary/aromatic N) is 4. The van der Waals surface area contributed by atoms with Gasteiger partial charge in [0.1, 0.15) is 5.69 Å². The van der Waals surface area contributed by atoms with Gasteiger partial charge < -0.3 is 20.0 Å². The van der Waals surface area contributed by atoms with Gasteiger partial charge in [0.2, 0.25) is 10.0 Å². The van der Waals surface area contributed by atoms with Gasteiger partial charge in [-0.25, -0.2) is 8.42 Å². The minimum Gasteiger partial charge on any atom is -0.394 e. The van der Waals surface area contributed by atoms with Gasteiger partial charge >= 0.3 is 0 Å². The Morgan fingerprint density at radius 1 is 1.26 bits per heavy atom. The third kappa shape index (κ3) is 3.92. The van der Waals surface area contributed by atoms with Crippen molar-refractivity contribution in [2.75, 3.05) is 51.3 Å². The molecule has 2 atom stereocenters. The standard InChI is InChI=1S/C16H24N4O6S/c1-17-4-6-18(7-5-17)27(25,26)14-2-3-15(16(9-14)20(23)24)19-10-13(22)8-12(19)11-21/h2-3,9,12-13,21-22H,4-8,10-11H2,1H3/t12-,13-/m1/s1. The molecule has 0 aliphatic carbocycles. The SMILES string of the molecule is CN1CCN(S(=O)(=O)c2ccc(N3C[C@H](O)C[C@@H]3CO)c([N+](=O)[O-])c2)CC1. The molecule has 11 heteroatoms. The molecule has 1 aromatic carbocycles. The fraction of sp³-hybridized carbons (Fsp3) is 0.625. The highest BCUT2D eigenvalue weighted by atomic mass is 32.2. The van der Waals surface area contributed by atoms with Crippen molar-refractivity contribution in [1.29, 1.82) is 0 Å². The highest BCUT2D eigenvalue weighted by Crippen LogP contribution is 2.36. The van der Waals surface area contributed by atoms with Crippen LogP contribution in [0.1, 0.15) is 6.42 Å². The molecule has 2 N–H and O–H groups in total. The van der Waals surface area contributed by atoms with Crippen LogP contribution in [0.5, 0.6) is 0 Å². The number of likely N-dealkylation sites (N-methyl/N-ethyl adjacent to an activating group) is 1. The van der Waals surface area contributed by atoms with E-state index in [1.807, 2.05) is 11.9 Å². The Hall–Kier alpha value is -1.79. The second kappa shape index (κ2) is 7.68. The van der Waals surface area contributed by atoms with Crippen LogP contribution in [0.15, 0.2) is 23.1 Å². The zero-order chi connectivity index (χ0) is 19.8. The number of piperazine rings is 1. The highest BCUT2D eigenvalue weighted by Gasteiger charge is 2.36. The first-order valence-electron chi connectivity index (χ1n) is 8.76. The summed E-state index contributed by atoms with van der Waals surface area (Å²) in [6, 6.07) is 3.37. The quantitative estimate of drug-likeness (QED) is 0.498. The molecule has 0 bridgehead atoms. The lowest BCUT2D eigenvalue weighted by atomic mass is 10.2. The fourth-order valence-electron chi connectivity index (χ4n) is 3.59. The molecular formula is C16H24N4O6S. The highest BCUT2D eigenvalue weighted by molar-refractivity contribution is 7.89. The molecule has 0 unspecified atom stereocenters. The number of aliphatic hydroxyl groups excluding tert-OH is 2. The summed E-state index contributed by atoms with van der Waals surface area (Å²) in [5, 5.41) is 30.9. The molecule has 0 amide bonds. The van der Waals surface area contributed by atoms with E-state index in [1.165, 1.54) is 16.4 Å². The number of aliphatic hydroxyl groups is 2. The number of β-amino-alcohol motifs (C(OH)–C–C–N with tert-alkyl or cyclic N) is 1. The molecular weight excluding hydrogens is 376 g/mol. The third-order valence-corrected chi connectivity index (χ3v) is 7.05. The van der Waals surface area contributed by atoms with E-state index in [1.54, 1.807) is 4.90 Å². The molecule has 0 spiro atoms. The number of hydrogen-bond acceptors (Lipinski definition) is 8. The molecule has 0 radical (unpaired) electrons. The van der Waals surface area contributed by atoms with E-state index in [4.69, 9.17) is 0 Å². The van der Waals surface area contributed by atoms with Crippen molar-refractivity contribution < 1.29 is 23.6 Å². The smallest absolute Gasteiger partial charge is 0.293 e. The maximum atomic E-state index is 12.9. The lowest BCUT2D eigenvalue weighted by molar-refractivity contribution is -0.384. The van der Waals surface area contributed by atoms with Crippen LogP contribution in [0.25, 0.3) is 0 Å². The zero-order valence-corrected chi connectivity index (χ0v) is 15.9. The third-order valence-electron chi connectivity index (χ3n) is 5.16. The van der Waals surface area contributed by atoms with Crippen LogP contribution in [0.2, 0.25) is 0 Å². The first-order chi connectivity index (χ1) is 12.7. The summed E-state index contributed by atoms with van der Waals surface area (Å²) in [4.78, 5) is 14.4. The van der Waals surface area contributed by atoms with Gasteiger partial charge in [-0.15, -0.1) is 0 Å². The van der Waals surface area contributed by atoms with Crippen LogP contribution in [0, 0.1) is 10.1 Å². The summed E-state index contributed by atoms with van der Waals surface area (Å²) in [6.07, 6.45) is -0.398. The van der Waals surface area contributed by atoms with Gasteiger partial charge in [0.25, 0.3) is 5.69 Å². The second-order valence-corrected chi connectivity index (χ2v) is 8.93. The maximum Gasteiger partial charge on any atom is 0.293 e. The topological polar surface area (TPSA) is 127 Å². The molecule has 2 heterocycles. The Morgan fingerprint density at radius 2 is 1.93 bits per heavy atom. The van der Waals surface area contributed by atoms with Crippen molar-refractivity contribution in [3.63, 3.8) is 0 Å². The van der Waals surface area contributed by atoms with E-state index in [-0.39, 0.29) is 29.4 Å². The Balaban J connectivity index is 1.95. The minimum atomic E-state index is -3.83. The molecule has 3 rings (SSSR count). The van der Waals surface area contributed by atoms with Gasteiger partial charge in [-0.1, -0.05) is 0 Å². The number of benzene rings is 1. The average molecular weight is 400 g/mol. The van der Waals surface area contributed by atoms with Gasteiger partial charge in [-0.3, -0.25) is 10.1 Å². The molecule has 2 saturated heterocycles. The van der Waals surface area contributed by atoms with E-state index >= 15 is 0 Å². The summed E-state index contributed by atoms with van der Waals surface area (Å²) in [5.41, 5.74) is -0.148. The first kappa shape index (κ1) is 20.0. The molecule has 0 saturated carbocycles. The summed E-state index contributed by atoms with van der Waals surface area (Å²) in [7, 11) is -1.92. The Labute approximate surface area is 157 Å². The monoisotopic (exact) mass is 400 g/mol. The summed E-state index contributed by atoms with van der Waals surface area (Å²) in [6.45, 7) is 1.76. The van der Waals surface area contributed by atoms with Gasteiger partial charge in [0, 0.05) is 38.8 Å². The van der Waals surface area contributed by atoms with Crippen molar-refractivity contribution in [3.05, 3.63) is 28.3 Å². The molecule has 2 fully saturated rings. The number of nitro groups is 1. The van der Waals surface area contributed by atoms with Crippen molar-refractivity contribution in [2.45, 2.75) is 23.5 Å². The number of sulfonamides is 1. The predicted octanol–water partition coefficient (Wildman–Crippen LogP) is -0.537. The molecule has 2 aliphatic rings. The normalized spacial score (nSPS) is 25.1. The number of nitro benzene ring substituents is 1. The lowest BCUT2D eigenvalue weighted by Gasteiger charge is -2.31. The molecule has 1 aromatic rings. The van der Waals surface area contributed by atoms with Gasteiger partial charge in [-0.05, 0) is 25.6 Å². The molecule has 10 nitrogen and oxygen atoms in total. The van der Waals surface area contributed by atoms with E-state index < -0.39 is 27.1 Å². The predicted molar refractivity (Wildman–Crippen MR) is 98.2 cm³/mol. The van der Waals surface area contributed by atoms with Crippen molar-refractivity contribution >= 4 is 21.4 Å². The van der Waals surface area contributed by atoms with Gasteiger partial charge in [-0.2, -0.15) is 4.31 Å². The second-order valence-electron chi connectivity index (χ2n) is 6.99. The fourth-order valence-corrected chi connectivity index (χ4v) is 5.03. The maximum absolute atomic E-state index is 12.9. The van der Waals surface area contributed by atoms with Crippen LogP contribution in [-0.2, 0) is 10.0 Å². The van der Waals surface area contributed by atoms with E-state index in [0.717, 1.165) is 6.07 Å². The van der Waals surface area contributed by atoms with Crippen LogP contribution in [0.4, 0.5) is 11.4 Å². The van der Waals surface area contributed by atoms with Crippen molar-refractivity contribution in [1.82, 2.24) is 9.21 Å². The largest absolute Gasteiger partial charge is 0.394 e. The molecule has 27 heavy (non-hydrogen) atoms. The van der Waals surface area contributed by atoms with Gasteiger partial charge in [0.05, 0.1) is 28.6 Å².